The van der Waals surface area contributed by atoms with Gasteiger partial charge in [0.05, 0.1) is 27.4 Å². The molecule has 2 aromatic rings. The molecule has 0 spiro atoms. The highest BCUT2D eigenvalue weighted by Gasteiger charge is 2.13. The van der Waals surface area contributed by atoms with E-state index in [4.69, 9.17) is 14.2 Å². The molecule has 0 aliphatic carbocycles. The molecule has 0 radical (unpaired) electrons. The fraction of sp³-hybridized carbons (Fsp3) is 0.364. The molecule has 0 unspecified atom stereocenters. The third kappa shape index (κ3) is 5.95. The van der Waals surface area contributed by atoms with Gasteiger partial charge in [-0.05, 0) is 36.4 Å². The molecule has 1 fully saturated rings. The minimum atomic E-state index is -0.296. The molecule has 1 aliphatic rings. The molecule has 2 N–H and O–H groups in total. The van der Waals surface area contributed by atoms with Gasteiger partial charge >= 0.3 is 0 Å². The number of carbonyl (C=O) groups is 2. The van der Waals surface area contributed by atoms with Crippen molar-refractivity contribution in [2.75, 3.05) is 58.9 Å². The van der Waals surface area contributed by atoms with Crippen molar-refractivity contribution >= 4 is 17.5 Å². The number of methoxy groups -OCH3 is 2. The Morgan fingerprint density at radius 2 is 1.57 bits per heavy atom. The standard InChI is InChI=1S/C22H27N3O5/c1-28-19-13-17(14-20(15-19)29-2)22(27)24-18-5-3-16(4-6-18)21(26)23-7-8-25-9-11-30-12-10-25/h3-6,13-15H,7-12H2,1-2H3,(H,23,26)(H,24,27). The minimum absolute atomic E-state index is 0.140. The maximum atomic E-state index is 12.5. The van der Waals surface area contributed by atoms with Gasteiger partial charge in [-0.2, -0.15) is 0 Å². The lowest BCUT2D eigenvalue weighted by Crippen LogP contribution is -2.41. The second kappa shape index (κ2) is 10.6. The number of ether oxygens (including phenoxy) is 3. The van der Waals surface area contributed by atoms with Gasteiger partial charge in [-0.25, -0.2) is 0 Å². The number of amides is 2. The van der Waals surface area contributed by atoms with Gasteiger partial charge in [0.25, 0.3) is 11.8 Å². The lowest BCUT2D eigenvalue weighted by molar-refractivity contribution is 0.0383. The highest BCUT2D eigenvalue weighted by atomic mass is 16.5. The first kappa shape index (κ1) is 21.6. The summed E-state index contributed by atoms with van der Waals surface area (Å²) in [4.78, 5) is 27.1. The summed E-state index contributed by atoms with van der Waals surface area (Å²) in [5, 5.41) is 5.73. The molecule has 0 atom stereocenters. The summed E-state index contributed by atoms with van der Waals surface area (Å²) in [7, 11) is 3.06. The molecule has 2 amide bonds. The Morgan fingerprint density at radius 1 is 0.933 bits per heavy atom. The van der Waals surface area contributed by atoms with Crippen LogP contribution in [0.2, 0.25) is 0 Å². The Labute approximate surface area is 176 Å². The van der Waals surface area contributed by atoms with Gasteiger partial charge < -0.3 is 24.8 Å². The van der Waals surface area contributed by atoms with Crippen molar-refractivity contribution in [3.8, 4) is 11.5 Å². The van der Waals surface area contributed by atoms with E-state index in [0.717, 1.165) is 32.8 Å². The minimum Gasteiger partial charge on any atom is -0.497 e. The van der Waals surface area contributed by atoms with Gasteiger partial charge in [0, 0.05) is 49.1 Å². The molecule has 3 rings (SSSR count). The summed E-state index contributed by atoms with van der Waals surface area (Å²) >= 11 is 0. The van der Waals surface area contributed by atoms with Crippen LogP contribution in [0.15, 0.2) is 42.5 Å². The van der Waals surface area contributed by atoms with E-state index >= 15 is 0 Å². The van der Waals surface area contributed by atoms with Crippen LogP contribution in [0, 0.1) is 0 Å². The maximum Gasteiger partial charge on any atom is 0.255 e. The summed E-state index contributed by atoms with van der Waals surface area (Å²) in [6.45, 7) is 4.64. The van der Waals surface area contributed by atoms with E-state index in [1.54, 1.807) is 42.5 Å². The van der Waals surface area contributed by atoms with Crippen molar-refractivity contribution in [2.24, 2.45) is 0 Å². The molecule has 0 aromatic heterocycles. The number of morpholine rings is 1. The first-order chi connectivity index (χ1) is 14.6. The zero-order chi connectivity index (χ0) is 21.3. The Hall–Kier alpha value is -3.10. The molecule has 8 nitrogen and oxygen atoms in total. The van der Waals surface area contributed by atoms with Gasteiger partial charge in [0.2, 0.25) is 0 Å². The van der Waals surface area contributed by atoms with E-state index in [1.165, 1.54) is 14.2 Å². The summed E-state index contributed by atoms with van der Waals surface area (Å²) in [6.07, 6.45) is 0. The van der Waals surface area contributed by atoms with Crippen molar-refractivity contribution < 1.29 is 23.8 Å². The lowest BCUT2D eigenvalue weighted by Gasteiger charge is -2.26. The van der Waals surface area contributed by atoms with Crippen LogP contribution in [0.25, 0.3) is 0 Å². The summed E-state index contributed by atoms with van der Waals surface area (Å²) in [5.41, 5.74) is 1.54. The largest absolute Gasteiger partial charge is 0.497 e. The van der Waals surface area contributed by atoms with E-state index in [9.17, 15) is 9.59 Å². The van der Waals surface area contributed by atoms with E-state index in [0.29, 0.717) is 34.9 Å². The molecule has 1 aliphatic heterocycles. The Kier molecular flexibility index (Phi) is 7.64. The first-order valence-electron chi connectivity index (χ1n) is 9.82. The summed E-state index contributed by atoms with van der Waals surface area (Å²) in [6, 6.07) is 11.7. The molecule has 0 saturated carbocycles. The van der Waals surface area contributed by atoms with Crippen LogP contribution in [0.5, 0.6) is 11.5 Å². The number of hydrogen-bond acceptors (Lipinski definition) is 6. The Morgan fingerprint density at radius 3 is 2.17 bits per heavy atom. The Balaban J connectivity index is 1.53. The van der Waals surface area contributed by atoms with Crippen LogP contribution in [-0.4, -0.2) is 70.3 Å². The molecular weight excluding hydrogens is 386 g/mol. The third-order valence-corrected chi connectivity index (χ3v) is 4.84. The van der Waals surface area contributed by atoms with Crippen molar-refractivity contribution in [1.29, 1.82) is 0 Å². The van der Waals surface area contributed by atoms with Crippen molar-refractivity contribution in [3.05, 3.63) is 53.6 Å². The van der Waals surface area contributed by atoms with Crippen LogP contribution < -0.4 is 20.1 Å². The third-order valence-electron chi connectivity index (χ3n) is 4.84. The lowest BCUT2D eigenvalue weighted by atomic mass is 10.1. The average molecular weight is 413 g/mol. The molecule has 160 valence electrons. The molecule has 0 bridgehead atoms. The highest BCUT2D eigenvalue weighted by Crippen LogP contribution is 2.23. The van der Waals surface area contributed by atoms with Crippen molar-refractivity contribution in [1.82, 2.24) is 10.2 Å². The topological polar surface area (TPSA) is 89.1 Å². The van der Waals surface area contributed by atoms with Gasteiger partial charge in [0.1, 0.15) is 11.5 Å². The SMILES string of the molecule is COc1cc(OC)cc(C(=O)Nc2ccc(C(=O)NCCN3CCOCC3)cc2)c1. The van der Waals surface area contributed by atoms with Crippen LogP contribution in [0.4, 0.5) is 5.69 Å². The van der Waals surface area contributed by atoms with Crippen LogP contribution in [0.3, 0.4) is 0 Å². The maximum absolute atomic E-state index is 12.5. The zero-order valence-corrected chi connectivity index (χ0v) is 17.3. The van der Waals surface area contributed by atoms with Crippen LogP contribution in [-0.2, 0) is 4.74 Å². The van der Waals surface area contributed by atoms with Gasteiger partial charge in [-0.3, -0.25) is 14.5 Å². The van der Waals surface area contributed by atoms with Gasteiger partial charge in [0.15, 0.2) is 0 Å². The second-order valence-corrected chi connectivity index (χ2v) is 6.84. The second-order valence-electron chi connectivity index (χ2n) is 6.84. The Bertz CT molecular complexity index is 841. The predicted molar refractivity (Wildman–Crippen MR) is 114 cm³/mol. The quantitative estimate of drug-likeness (QED) is 0.688. The average Bonchev–Trinajstić information content (AvgIpc) is 2.79. The van der Waals surface area contributed by atoms with Crippen molar-refractivity contribution in [3.63, 3.8) is 0 Å². The highest BCUT2D eigenvalue weighted by molar-refractivity contribution is 6.05. The first-order valence-corrected chi connectivity index (χ1v) is 9.82. The predicted octanol–water partition coefficient (Wildman–Crippen LogP) is 2.02. The van der Waals surface area contributed by atoms with Gasteiger partial charge in [-0.1, -0.05) is 0 Å². The molecule has 1 saturated heterocycles. The normalized spacial score (nSPS) is 14.1. The monoisotopic (exact) mass is 413 g/mol. The van der Waals surface area contributed by atoms with Gasteiger partial charge in [-0.15, -0.1) is 0 Å². The molecule has 30 heavy (non-hydrogen) atoms. The van der Waals surface area contributed by atoms with E-state index in [2.05, 4.69) is 15.5 Å². The van der Waals surface area contributed by atoms with Crippen molar-refractivity contribution in [2.45, 2.75) is 0 Å². The zero-order valence-electron chi connectivity index (χ0n) is 17.3. The van der Waals surface area contributed by atoms with E-state index in [-0.39, 0.29) is 11.8 Å². The summed E-state index contributed by atoms with van der Waals surface area (Å²) < 4.78 is 15.7. The number of nitrogens with one attached hydrogen (secondary N) is 2. The van der Waals surface area contributed by atoms with E-state index in [1.807, 2.05) is 0 Å². The summed E-state index contributed by atoms with van der Waals surface area (Å²) in [5.74, 6) is 0.626. The number of rotatable bonds is 8. The smallest absolute Gasteiger partial charge is 0.255 e. The van der Waals surface area contributed by atoms with E-state index < -0.39 is 0 Å². The van der Waals surface area contributed by atoms with Crippen LogP contribution >= 0.6 is 0 Å². The number of anilines is 1. The van der Waals surface area contributed by atoms with Crippen LogP contribution in [0.1, 0.15) is 20.7 Å². The molecule has 8 heteroatoms. The molecule has 1 heterocycles. The number of benzene rings is 2. The number of nitrogens with zero attached hydrogens (tertiary/aromatic N) is 1. The number of carbonyl (C=O) groups excluding carboxylic acids is 2. The fourth-order valence-electron chi connectivity index (χ4n) is 3.10. The fourth-order valence-corrected chi connectivity index (χ4v) is 3.10. The molecule has 2 aromatic carbocycles. The molecular formula is C22H27N3O5. The number of hydrogen-bond donors (Lipinski definition) is 2.